The molecule has 1 N–H and O–H groups in total. The predicted octanol–water partition coefficient (Wildman–Crippen LogP) is 2.70. The highest BCUT2D eigenvalue weighted by atomic mass is 16.4. The van der Waals surface area contributed by atoms with Crippen LogP contribution in [0.4, 0.5) is 0 Å². The summed E-state index contributed by atoms with van der Waals surface area (Å²) in [5.41, 5.74) is 1.72. The summed E-state index contributed by atoms with van der Waals surface area (Å²) in [5, 5.41) is 9.48. The molecule has 4 nitrogen and oxygen atoms in total. The SMILES string of the molecule is O=C(O)[C@@H]1CN(Cc2ccccc2)C[C@H]1C(=O)c1ccccc1. The summed E-state index contributed by atoms with van der Waals surface area (Å²) >= 11 is 0. The number of hydrogen-bond donors (Lipinski definition) is 1. The third-order valence-corrected chi connectivity index (χ3v) is 4.36. The normalized spacial score (nSPS) is 21.2. The molecule has 1 saturated heterocycles. The van der Waals surface area contributed by atoms with E-state index in [1.54, 1.807) is 24.3 Å². The van der Waals surface area contributed by atoms with Crippen molar-refractivity contribution < 1.29 is 14.7 Å². The minimum atomic E-state index is -0.894. The van der Waals surface area contributed by atoms with Crippen molar-refractivity contribution in [1.29, 1.82) is 0 Å². The Bertz CT molecular complexity index is 684. The van der Waals surface area contributed by atoms with Gasteiger partial charge in [-0.2, -0.15) is 0 Å². The van der Waals surface area contributed by atoms with Gasteiger partial charge < -0.3 is 5.11 Å². The van der Waals surface area contributed by atoms with Crippen molar-refractivity contribution in [3.63, 3.8) is 0 Å². The van der Waals surface area contributed by atoms with Gasteiger partial charge in [-0.05, 0) is 5.56 Å². The molecule has 2 aromatic carbocycles. The highest BCUT2D eigenvalue weighted by Gasteiger charge is 2.41. The highest BCUT2D eigenvalue weighted by molar-refractivity contribution is 6.00. The van der Waals surface area contributed by atoms with E-state index in [1.807, 2.05) is 36.4 Å². The van der Waals surface area contributed by atoms with E-state index in [-0.39, 0.29) is 5.78 Å². The summed E-state index contributed by atoms with van der Waals surface area (Å²) < 4.78 is 0. The van der Waals surface area contributed by atoms with Crippen molar-refractivity contribution in [3.05, 3.63) is 71.8 Å². The molecule has 0 amide bonds. The van der Waals surface area contributed by atoms with Crippen LogP contribution in [-0.2, 0) is 11.3 Å². The van der Waals surface area contributed by atoms with Crippen LogP contribution in [0, 0.1) is 11.8 Å². The second kappa shape index (κ2) is 6.75. The van der Waals surface area contributed by atoms with E-state index < -0.39 is 17.8 Å². The number of nitrogens with zero attached hydrogens (tertiary/aromatic N) is 1. The number of likely N-dealkylation sites (tertiary alicyclic amines) is 1. The Labute approximate surface area is 135 Å². The number of carbonyl (C=O) groups is 2. The number of benzene rings is 2. The van der Waals surface area contributed by atoms with Crippen LogP contribution in [0.25, 0.3) is 0 Å². The maximum absolute atomic E-state index is 12.7. The average molecular weight is 309 g/mol. The van der Waals surface area contributed by atoms with Crippen LogP contribution in [0.3, 0.4) is 0 Å². The highest BCUT2D eigenvalue weighted by Crippen LogP contribution is 2.28. The molecule has 2 aromatic rings. The fourth-order valence-electron chi connectivity index (χ4n) is 3.19. The first-order chi connectivity index (χ1) is 11.1. The van der Waals surface area contributed by atoms with Gasteiger partial charge in [0.1, 0.15) is 0 Å². The Morgan fingerprint density at radius 1 is 0.913 bits per heavy atom. The van der Waals surface area contributed by atoms with Crippen molar-refractivity contribution in [2.45, 2.75) is 6.54 Å². The zero-order valence-corrected chi connectivity index (χ0v) is 12.8. The van der Waals surface area contributed by atoms with Crippen molar-refractivity contribution >= 4 is 11.8 Å². The molecule has 1 heterocycles. The van der Waals surface area contributed by atoms with E-state index in [0.29, 0.717) is 25.2 Å². The molecule has 0 aromatic heterocycles. The van der Waals surface area contributed by atoms with Crippen LogP contribution < -0.4 is 0 Å². The minimum Gasteiger partial charge on any atom is -0.481 e. The molecule has 0 unspecified atom stereocenters. The third-order valence-electron chi connectivity index (χ3n) is 4.36. The molecule has 4 heteroatoms. The van der Waals surface area contributed by atoms with Crippen LogP contribution in [0.1, 0.15) is 15.9 Å². The van der Waals surface area contributed by atoms with Crippen LogP contribution in [-0.4, -0.2) is 34.8 Å². The van der Waals surface area contributed by atoms with Crippen LogP contribution in [0.2, 0.25) is 0 Å². The zero-order valence-electron chi connectivity index (χ0n) is 12.8. The standard InChI is InChI=1S/C19H19NO3/c21-18(15-9-5-2-6-10-15)16-12-20(13-17(16)19(22)23)11-14-7-3-1-4-8-14/h1-10,16-17H,11-13H2,(H,22,23)/t16-,17-/m1/s1. The van der Waals surface area contributed by atoms with Gasteiger partial charge in [-0.3, -0.25) is 14.5 Å². The molecule has 23 heavy (non-hydrogen) atoms. The number of ketones is 1. The summed E-state index contributed by atoms with van der Waals surface area (Å²) in [5.74, 6) is -2.10. The van der Waals surface area contributed by atoms with Gasteiger partial charge in [-0.25, -0.2) is 0 Å². The molecule has 118 valence electrons. The maximum atomic E-state index is 12.7. The van der Waals surface area contributed by atoms with Crippen molar-refractivity contribution in [2.24, 2.45) is 11.8 Å². The largest absolute Gasteiger partial charge is 0.481 e. The maximum Gasteiger partial charge on any atom is 0.308 e. The van der Waals surface area contributed by atoms with Gasteiger partial charge >= 0.3 is 5.97 Å². The molecule has 0 saturated carbocycles. The number of hydrogen-bond acceptors (Lipinski definition) is 3. The van der Waals surface area contributed by atoms with E-state index in [2.05, 4.69) is 4.90 Å². The molecule has 1 fully saturated rings. The molecule has 0 radical (unpaired) electrons. The fourth-order valence-corrected chi connectivity index (χ4v) is 3.19. The van der Waals surface area contributed by atoms with Crippen LogP contribution >= 0.6 is 0 Å². The van der Waals surface area contributed by atoms with E-state index in [0.717, 1.165) is 5.56 Å². The molecule has 0 spiro atoms. The predicted molar refractivity (Wildman–Crippen MR) is 87.1 cm³/mol. The van der Waals surface area contributed by atoms with Crippen molar-refractivity contribution in [1.82, 2.24) is 4.90 Å². The van der Waals surface area contributed by atoms with Crippen molar-refractivity contribution in [2.75, 3.05) is 13.1 Å². The lowest BCUT2D eigenvalue weighted by atomic mass is 9.88. The Morgan fingerprint density at radius 2 is 1.48 bits per heavy atom. The number of aliphatic carboxylic acids is 1. The Morgan fingerprint density at radius 3 is 2.09 bits per heavy atom. The lowest BCUT2D eigenvalue weighted by molar-refractivity contribution is -0.142. The van der Waals surface area contributed by atoms with Gasteiger partial charge in [0.15, 0.2) is 5.78 Å². The molecule has 1 aliphatic heterocycles. The number of carboxylic acids is 1. The first kappa shape index (κ1) is 15.4. The number of carbonyl (C=O) groups excluding carboxylic acids is 1. The van der Waals surface area contributed by atoms with Gasteiger partial charge in [0.2, 0.25) is 0 Å². The molecule has 0 aliphatic carbocycles. The Balaban J connectivity index is 1.76. The lowest BCUT2D eigenvalue weighted by Crippen LogP contribution is -2.28. The first-order valence-corrected chi connectivity index (χ1v) is 7.73. The quantitative estimate of drug-likeness (QED) is 0.863. The second-order valence-electron chi connectivity index (χ2n) is 5.96. The second-order valence-corrected chi connectivity index (χ2v) is 5.96. The lowest BCUT2D eigenvalue weighted by Gasteiger charge is -2.15. The Hall–Kier alpha value is -2.46. The van der Waals surface area contributed by atoms with E-state index >= 15 is 0 Å². The van der Waals surface area contributed by atoms with E-state index in [4.69, 9.17) is 0 Å². The van der Waals surface area contributed by atoms with Crippen LogP contribution in [0.5, 0.6) is 0 Å². The molecule has 2 atom stereocenters. The number of Topliss-reactive ketones (excluding diaryl/α,β-unsaturated/α-hetero) is 1. The molecule has 0 bridgehead atoms. The molecular formula is C19H19NO3. The Kier molecular flexibility index (Phi) is 4.53. The summed E-state index contributed by atoms with van der Waals surface area (Å²) in [6.07, 6.45) is 0. The summed E-state index contributed by atoms with van der Waals surface area (Å²) in [4.78, 5) is 26.3. The molecular weight excluding hydrogens is 290 g/mol. The zero-order chi connectivity index (χ0) is 16.2. The van der Waals surface area contributed by atoms with Crippen molar-refractivity contribution in [3.8, 4) is 0 Å². The monoisotopic (exact) mass is 309 g/mol. The van der Waals surface area contributed by atoms with Gasteiger partial charge in [0.25, 0.3) is 0 Å². The van der Waals surface area contributed by atoms with Gasteiger partial charge in [0.05, 0.1) is 5.92 Å². The first-order valence-electron chi connectivity index (χ1n) is 7.73. The summed E-state index contributed by atoms with van der Waals surface area (Å²) in [6.45, 7) is 1.57. The number of carboxylic acid groups (broad SMARTS) is 1. The smallest absolute Gasteiger partial charge is 0.308 e. The molecule has 3 rings (SSSR count). The average Bonchev–Trinajstić information content (AvgIpc) is 3.00. The minimum absolute atomic E-state index is 0.0754. The summed E-state index contributed by atoms with van der Waals surface area (Å²) in [6, 6.07) is 18.9. The van der Waals surface area contributed by atoms with Crippen LogP contribution in [0.15, 0.2) is 60.7 Å². The summed E-state index contributed by atoms with van der Waals surface area (Å²) in [7, 11) is 0. The third kappa shape index (κ3) is 3.48. The van der Waals surface area contributed by atoms with Gasteiger partial charge in [-0.15, -0.1) is 0 Å². The van der Waals surface area contributed by atoms with E-state index in [1.165, 1.54) is 0 Å². The van der Waals surface area contributed by atoms with Gasteiger partial charge in [0, 0.05) is 31.1 Å². The molecule has 1 aliphatic rings. The topological polar surface area (TPSA) is 57.6 Å². The van der Waals surface area contributed by atoms with Gasteiger partial charge in [-0.1, -0.05) is 60.7 Å². The number of rotatable bonds is 5. The van der Waals surface area contributed by atoms with E-state index in [9.17, 15) is 14.7 Å². The fraction of sp³-hybridized carbons (Fsp3) is 0.263.